The number of fused-ring (bicyclic) bond motifs is 1. The zero-order chi connectivity index (χ0) is 23.8. The lowest BCUT2D eigenvalue weighted by molar-refractivity contribution is -0.131. The van der Waals surface area contributed by atoms with Crippen molar-refractivity contribution in [3.8, 4) is 0 Å². The second kappa shape index (κ2) is 8.62. The third kappa shape index (κ3) is 3.90. The van der Waals surface area contributed by atoms with Gasteiger partial charge in [0.2, 0.25) is 10.0 Å². The first kappa shape index (κ1) is 23.0. The highest BCUT2D eigenvalue weighted by Gasteiger charge is 2.52. The number of urea groups is 1. The Hall–Kier alpha value is -3.20. The topological polar surface area (TPSA) is 104 Å². The van der Waals surface area contributed by atoms with E-state index in [4.69, 9.17) is 0 Å². The Bertz CT molecular complexity index is 1210. The van der Waals surface area contributed by atoms with Gasteiger partial charge in [-0.05, 0) is 49.1 Å². The van der Waals surface area contributed by atoms with Crippen LogP contribution in [0.5, 0.6) is 0 Å². The van der Waals surface area contributed by atoms with Gasteiger partial charge >= 0.3 is 6.03 Å². The number of ketones is 1. The van der Waals surface area contributed by atoms with Crippen LogP contribution < -0.4 is 9.62 Å². The van der Waals surface area contributed by atoms with E-state index in [1.807, 2.05) is 25.1 Å². The Morgan fingerprint density at radius 2 is 1.82 bits per heavy atom. The van der Waals surface area contributed by atoms with Crippen molar-refractivity contribution in [2.45, 2.75) is 38.6 Å². The molecule has 1 atom stereocenters. The number of sulfonamides is 1. The zero-order valence-electron chi connectivity index (χ0n) is 18.7. The molecule has 2 aromatic carbocycles. The number of nitrogens with zero attached hydrogens (tertiary/aromatic N) is 2. The van der Waals surface area contributed by atoms with Gasteiger partial charge in [-0.25, -0.2) is 13.2 Å². The van der Waals surface area contributed by atoms with Gasteiger partial charge in [0.25, 0.3) is 5.91 Å². The van der Waals surface area contributed by atoms with Gasteiger partial charge in [-0.2, -0.15) is 0 Å². The van der Waals surface area contributed by atoms with Gasteiger partial charge in [0.15, 0.2) is 5.78 Å². The van der Waals surface area contributed by atoms with Gasteiger partial charge in [-0.15, -0.1) is 0 Å². The zero-order valence-corrected chi connectivity index (χ0v) is 19.5. The van der Waals surface area contributed by atoms with E-state index >= 15 is 0 Å². The highest BCUT2D eigenvalue weighted by atomic mass is 32.2. The number of amides is 3. The molecule has 1 fully saturated rings. The van der Waals surface area contributed by atoms with E-state index in [1.54, 1.807) is 37.3 Å². The molecule has 33 heavy (non-hydrogen) atoms. The van der Waals surface area contributed by atoms with Crippen LogP contribution in [0.2, 0.25) is 0 Å². The molecule has 0 aliphatic carbocycles. The van der Waals surface area contributed by atoms with E-state index in [0.29, 0.717) is 42.6 Å². The van der Waals surface area contributed by atoms with E-state index < -0.39 is 27.5 Å². The van der Waals surface area contributed by atoms with Gasteiger partial charge in [0.05, 0.1) is 18.0 Å². The van der Waals surface area contributed by atoms with E-state index in [0.717, 1.165) is 10.5 Å². The summed E-state index contributed by atoms with van der Waals surface area (Å²) in [5.41, 5.74) is 1.20. The molecule has 174 valence electrons. The van der Waals surface area contributed by atoms with Crippen LogP contribution in [0.15, 0.2) is 48.5 Å². The largest absolute Gasteiger partial charge is 0.325 e. The molecule has 2 aliphatic heterocycles. The number of anilines is 1. The van der Waals surface area contributed by atoms with Crippen molar-refractivity contribution < 1.29 is 22.8 Å². The Balaban J connectivity index is 1.57. The van der Waals surface area contributed by atoms with Gasteiger partial charge in [0, 0.05) is 12.1 Å². The Kier molecular flexibility index (Phi) is 6.00. The number of rotatable bonds is 8. The van der Waals surface area contributed by atoms with E-state index in [1.165, 1.54) is 4.31 Å². The molecular formula is C24H27N3O5S. The van der Waals surface area contributed by atoms with Crippen LogP contribution >= 0.6 is 0 Å². The van der Waals surface area contributed by atoms with Crippen LogP contribution in [0.4, 0.5) is 10.5 Å². The summed E-state index contributed by atoms with van der Waals surface area (Å²) in [4.78, 5) is 40.1. The standard InChI is InChI=1S/C24H27N3O5S/c1-3-13-24(19-8-6-5-7-9-19)22(29)26(23(30)25-24)16-21(28)18-10-11-20-17(15-18)12-14-27(20)33(31,32)4-2/h5-11,15H,3-4,12-14,16H2,1-2H3,(H,25,30)/t24-/m0/s1. The van der Waals surface area contributed by atoms with Crippen molar-refractivity contribution in [1.82, 2.24) is 10.2 Å². The number of carbonyl (C=O) groups is 3. The quantitative estimate of drug-likeness (QED) is 0.473. The van der Waals surface area contributed by atoms with Gasteiger partial charge in [0.1, 0.15) is 5.54 Å². The van der Waals surface area contributed by atoms with E-state index in [-0.39, 0.29) is 18.1 Å². The van der Waals surface area contributed by atoms with Crippen molar-refractivity contribution in [3.05, 3.63) is 65.2 Å². The summed E-state index contributed by atoms with van der Waals surface area (Å²) in [6.07, 6.45) is 1.60. The molecule has 3 amide bonds. The summed E-state index contributed by atoms with van der Waals surface area (Å²) < 4.78 is 25.9. The highest BCUT2D eigenvalue weighted by Crippen LogP contribution is 2.34. The number of nitrogens with one attached hydrogen (secondary N) is 1. The molecule has 1 saturated heterocycles. The number of carbonyl (C=O) groups excluding carboxylic acids is 3. The minimum Gasteiger partial charge on any atom is -0.319 e. The van der Waals surface area contributed by atoms with Crippen molar-refractivity contribution in [2.24, 2.45) is 0 Å². The van der Waals surface area contributed by atoms with Crippen LogP contribution in [0.3, 0.4) is 0 Å². The van der Waals surface area contributed by atoms with Crippen molar-refractivity contribution in [3.63, 3.8) is 0 Å². The predicted molar refractivity (Wildman–Crippen MR) is 125 cm³/mol. The lowest BCUT2D eigenvalue weighted by Crippen LogP contribution is -2.44. The number of Topliss-reactive ketones (excluding diaryl/α,β-unsaturated/α-hetero) is 1. The van der Waals surface area contributed by atoms with Crippen molar-refractivity contribution >= 4 is 33.4 Å². The van der Waals surface area contributed by atoms with Crippen molar-refractivity contribution in [1.29, 1.82) is 0 Å². The maximum Gasteiger partial charge on any atom is 0.325 e. The molecule has 9 heteroatoms. The first-order chi connectivity index (χ1) is 15.7. The highest BCUT2D eigenvalue weighted by molar-refractivity contribution is 7.92. The fourth-order valence-corrected chi connectivity index (χ4v) is 5.76. The lowest BCUT2D eigenvalue weighted by Gasteiger charge is -2.26. The minimum absolute atomic E-state index is 0.000228. The molecule has 0 bridgehead atoms. The Morgan fingerprint density at radius 1 is 1.09 bits per heavy atom. The van der Waals surface area contributed by atoms with Crippen molar-refractivity contribution in [2.75, 3.05) is 23.1 Å². The number of hydrogen-bond acceptors (Lipinski definition) is 5. The third-order valence-electron chi connectivity index (χ3n) is 6.32. The third-order valence-corrected chi connectivity index (χ3v) is 8.10. The van der Waals surface area contributed by atoms with Gasteiger partial charge in [-0.3, -0.25) is 18.8 Å². The maximum atomic E-state index is 13.4. The average Bonchev–Trinajstić information content (AvgIpc) is 3.35. The summed E-state index contributed by atoms with van der Waals surface area (Å²) in [6, 6.07) is 13.3. The molecule has 0 aromatic heterocycles. The fraction of sp³-hybridized carbons (Fsp3) is 0.375. The molecule has 2 heterocycles. The summed E-state index contributed by atoms with van der Waals surface area (Å²) in [5.74, 6) is -0.811. The molecular weight excluding hydrogens is 442 g/mol. The first-order valence-electron chi connectivity index (χ1n) is 11.1. The molecule has 8 nitrogen and oxygen atoms in total. The van der Waals surface area contributed by atoms with Crippen LogP contribution in [0.25, 0.3) is 0 Å². The molecule has 0 spiro atoms. The minimum atomic E-state index is -3.38. The second-order valence-corrected chi connectivity index (χ2v) is 10.5. The Labute approximate surface area is 193 Å². The number of imide groups is 1. The first-order valence-corrected chi connectivity index (χ1v) is 12.7. The monoisotopic (exact) mass is 469 g/mol. The smallest absolute Gasteiger partial charge is 0.319 e. The van der Waals surface area contributed by atoms with Crippen LogP contribution in [0, 0.1) is 0 Å². The summed E-state index contributed by atoms with van der Waals surface area (Å²) in [5, 5.41) is 2.82. The molecule has 2 aliphatic rings. The van der Waals surface area contributed by atoms with Crippen LogP contribution in [0.1, 0.15) is 48.2 Å². The van der Waals surface area contributed by atoms with E-state index in [2.05, 4.69) is 5.32 Å². The molecule has 2 aromatic rings. The Morgan fingerprint density at radius 3 is 2.48 bits per heavy atom. The SMILES string of the molecule is CCC[C@@]1(c2ccccc2)NC(=O)N(CC(=O)c2ccc3c(c2)CCN3S(=O)(=O)CC)C1=O. The van der Waals surface area contributed by atoms with E-state index in [9.17, 15) is 22.8 Å². The second-order valence-electron chi connectivity index (χ2n) is 8.33. The van der Waals surface area contributed by atoms with Crippen LogP contribution in [-0.2, 0) is 26.8 Å². The normalized spacial score (nSPS) is 20.2. The lowest BCUT2D eigenvalue weighted by atomic mass is 9.85. The predicted octanol–water partition coefficient (Wildman–Crippen LogP) is 2.83. The number of benzene rings is 2. The molecule has 0 unspecified atom stereocenters. The summed E-state index contributed by atoms with van der Waals surface area (Å²) >= 11 is 0. The molecule has 0 radical (unpaired) electrons. The molecule has 1 N–H and O–H groups in total. The van der Waals surface area contributed by atoms with Gasteiger partial charge in [-0.1, -0.05) is 43.7 Å². The molecule has 4 rings (SSSR count). The maximum absolute atomic E-state index is 13.4. The average molecular weight is 470 g/mol. The molecule has 0 saturated carbocycles. The number of hydrogen-bond donors (Lipinski definition) is 1. The summed E-state index contributed by atoms with van der Waals surface area (Å²) in [7, 11) is -3.38. The fourth-order valence-electron chi connectivity index (χ4n) is 4.60. The summed E-state index contributed by atoms with van der Waals surface area (Å²) in [6.45, 7) is 3.49. The van der Waals surface area contributed by atoms with Gasteiger partial charge < -0.3 is 5.32 Å². The van der Waals surface area contributed by atoms with Crippen LogP contribution in [-0.4, -0.2) is 49.9 Å².